The number of carbonyl (C=O) groups is 1. The average molecular weight is 392 g/mol. The van der Waals surface area contributed by atoms with Crippen LogP contribution in [0.25, 0.3) is 0 Å². The normalized spacial score (nSPS) is 23.6. The Kier molecular flexibility index (Phi) is 5.42. The highest BCUT2D eigenvalue weighted by Gasteiger charge is 2.46. The van der Waals surface area contributed by atoms with E-state index in [0.717, 1.165) is 48.9 Å². The molecule has 1 aliphatic heterocycles. The van der Waals surface area contributed by atoms with Crippen molar-refractivity contribution in [2.75, 3.05) is 5.32 Å². The van der Waals surface area contributed by atoms with Gasteiger partial charge < -0.3 is 10.4 Å². The third-order valence-electron chi connectivity index (χ3n) is 7.08. The van der Waals surface area contributed by atoms with Crippen LogP contribution in [0.15, 0.2) is 42.5 Å². The molecule has 0 amide bonds. The van der Waals surface area contributed by atoms with Gasteiger partial charge in [-0.2, -0.15) is 0 Å². The van der Waals surface area contributed by atoms with Crippen molar-refractivity contribution >= 4 is 11.5 Å². The zero-order valence-corrected chi connectivity index (χ0v) is 17.9. The largest absolute Gasteiger partial charge is 0.508 e. The number of anilines is 1. The number of nitrogens with one attached hydrogen (secondary N) is 1. The number of Topliss-reactive ketones (excluding diaryl/α,β-unsaturated/α-hetero) is 1. The van der Waals surface area contributed by atoms with E-state index in [-0.39, 0.29) is 17.4 Å². The minimum absolute atomic E-state index is 0.0802. The van der Waals surface area contributed by atoms with E-state index in [1.54, 1.807) is 0 Å². The Labute approximate surface area is 174 Å². The molecule has 3 nitrogen and oxygen atoms in total. The third-order valence-corrected chi connectivity index (χ3v) is 7.08. The van der Waals surface area contributed by atoms with E-state index in [1.807, 2.05) is 12.1 Å². The molecule has 1 heterocycles. The fourth-order valence-corrected chi connectivity index (χ4v) is 5.44. The van der Waals surface area contributed by atoms with Crippen molar-refractivity contribution in [3.8, 4) is 5.75 Å². The SMILES string of the molecule is CC(CCCc1ccccc1)c1cc2c(cc1O)[C@H]1C(=O)CCC[C@H]1C(C)(C)N2. The number of hydrogen-bond acceptors (Lipinski definition) is 3. The second-order valence-electron chi connectivity index (χ2n) is 9.57. The Morgan fingerprint density at radius 2 is 1.97 bits per heavy atom. The number of phenolic OH excluding ortho intramolecular Hbond substituents is 1. The maximum absolute atomic E-state index is 12.8. The molecule has 0 aromatic heterocycles. The molecule has 1 saturated carbocycles. The van der Waals surface area contributed by atoms with Gasteiger partial charge in [0.15, 0.2) is 0 Å². The summed E-state index contributed by atoms with van der Waals surface area (Å²) < 4.78 is 0. The molecule has 0 saturated heterocycles. The Hall–Kier alpha value is -2.29. The molecule has 0 radical (unpaired) electrons. The molecule has 2 N–H and O–H groups in total. The standard InChI is InChI=1S/C26H33NO2/c1-17(9-7-12-18-10-5-4-6-11-18)19-15-22-20(16-24(19)29)25-21(26(2,3)27-22)13-8-14-23(25)28/h4-6,10-11,15-17,21,25,27,29H,7-9,12-14H2,1-3H3/t17?,21-,25-/m1/s1. The highest BCUT2D eigenvalue weighted by atomic mass is 16.3. The number of benzene rings is 2. The van der Waals surface area contributed by atoms with Gasteiger partial charge in [0.1, 0.15) is 11.5 Å². The molecule has 4 rings (SSSR count). The Balaban J connectivity index is 1.55. The van der Waals surface area contributed by atoms with Gasteiger partial charge in [-0.3, -0.25) is 4.79 Å². The number of phenols is 1. The maximum atomic E-state index is 12.8. The number of aromatic hydroxyl groups is 1. The Morgan fingerprint density at radius 1 is 1.21 bits per heavy atom. The highest BCUT2D eigenvalue weighted by Crippen LogP contribution is 2.50. The molecular formula is C26H33NO2. The van der Waals surface area contributed by atoms with E-state index >= 15 is 0 Å². The van der Waals surface area contributed by atoms with Gasteiger partial charge in [-0.1, -0.05) is 37.3 Å². The van der Waals surface area contributed by atoms with Gasteiger partial charge in [0.2, 0.25) is 0 Å². The quantitative estimate of drug-likeness (QED) is 0.599. The van der Waals surface area contributed by atoms with Crippen molar-refractivity contribution in [1.82, 2.24) is 0 Å². The van der Waals surface area contributed by atoms with Gasteiger partial charge in [0, 0.05) is 23.6 Å². The van der Waals surface area contributed by atoms with E-state index in [4.69, 9.17) is 0 Å². The minimum atomic E-state index is -0.113. The van der Waals surface area contributed by atoms with Crippen LogP contribution in [0.5, 0.6) is 5.75 Å². The molecule has 1 unspecified atom stereocenters. The lowest BCUT2D eigenvalue weighted by Gasteiger charge is -2.48. The summed E-state index contributed by atoms with van der Waals surface area (Å²) in [6.45, 7) is 6.61. The molecule has 0 spiro atoms. The first-order chi connectivity index (χ1) is 13.9. The summed E-state index contributed by atoms with van der Waals surface area (Å²) in [5, 5.41) is 14.5. The van der Waals surface area contributed by atoms with Crippen molar-refractivity contribution in [3.05, 3.63) is 59.2 Å². The van der Waals surface area contributed by atoms with E-state index in [0.29, 0.717) is 23.9 Å². The second kappa shape index (κ2) is 7.85. The maximum Gasteiger partial charge on any atom is 0.140 e. The lowest BCUT2D eigenvalue weighted by molar-refractivity contribution is -0.124. The van der Waals surface area contributed by atoms with Crippen LogP contribution in [0.1, 0.15) is 81.4 Å². The minimum Gasteiger partial charge on any atom is -0.508 e. The summed E-state index contributed by atoms with van der Waals surface area (Å²) in [6, 6.07) is 14.5. The van der Waals surface area contributed by atoms with Gasteiger partial charge in [0.05, 0.1) is 0 Å². The van der Waals surface area contributed by atoms with Gasteiger partial charge >= 0.3 is 0 Å². The summed E-state index contributed by atoms with van der Waals surface area (Å²) in [6.07, 6.45) is 5.87. The number of rotatable bonds is 5. The lowest BCUT2D eigenvalue weighted by Crippen LogP contribution is -2.49. The summed E-state index contributed by atoms with van der Waals surface area (Å²) >= 11 is 0. The van der Waals surface area contributed by atoms with Crippen molar-refractivity contribution in [3.63, 3.8) is 0 Å². The fourth-order valence-electron chi connectivity index (χ4n) is 5.44. The molecule has 3 atom stereocenters. The van der Waals surface area contributed by atoms with E-state index in [2.05, 4.69) is 56.4 Å². The van der Waals surface area contributed by atoms with Gasteiger partial charge in [-0.15, -0.1) is 0 Å². The lowest BCUT2D eigenvalue weighted by atomic mass is 9.64. The average Bonchev–Trinajstić information content (AvgIpc) is 2.69. The van der Waals surface area contributed by atoms with Crippen LogP contribution in [-0.4, -0.2) is 16.4 Å². The molecule has 154 valence electrons. The molecule has 2 aliphatic rings. The third kappa shape index (κ3) is 3.92. The number of ketones is 1. The van der Waals surface area contributed by atoms with E-state index in [9.17, 15) is 9.90 Å². The summed E-state index contributed by atoms with van der Waals surface area (Å²) in [5.41, 5.74) is 4.27. The molecule has 0 bridgehead atoms. The van der Waals surface area contributed by atoms with Crippen LogP contribution in [0, 0.1) is 5.92 Å². The number of carbonyl (C=O) groups excluding carboxylic acids is 1. The Morgan fingerprint density at radius 3 is 2.72 bits per heavy atom. The van der Waals surface area contributed by atoms with Crippen LogP contribution >= 0.6 is 0 Å². The zero-order chi connectivity index (χ0) is 20.6. The van der Waals surface area contributed by atoms with Crippen molar-refractivity contribution < 1.29 is 9.90 Å². The van der Waals surface area contributed by atoms with Crippen LogP contribution in [0.4, 0.5) is 5.69 Å². The van der Waals surface area contributed by atoms with Crippen LogP contribution in [0.2, 0.25) is 0 Å². The highest BCUT2D eigenvalue weighted by molar-refractivity contribution is 5.90. The number of fused-ring (bicyclic) bond motifs is 3. The monoisotopic (exact) mass is 391 g/mol. The predicted octanol–water partition coefficient (Wildman–Crippen LogP) is 6.18. The first-order valence-electron chi connectivity index (χ1n) is 11.1. The van der Waals surface area contributed by atoms with Crippen LogP contribution in [-0.2, 0) is 11.2 Å². The molecule has 2 aromatic rings. The summed E-state index contributed by atoms with van der Waals surface area (Å²) in [7, 11) is 0. The fraction of sp³-hybridized carbons (Fsp3) is 0.500. The molecule has 2 aromatic carbocycles. The molecule has 1 fully saturated rings. The second-order valence-corrected chi connectivity index (χ2v) is 9.57. The number of hydrogen-bond donors (Lipinski definition) is 2. The molecule has 29 heavy (non-hydrogen) atoms. The summed E-state index contributed by atoms with van der Waals surface area (Å²) in [5.74, 6) is 1.16. The molecular weight excluding hydrogens is 358 g/mol. The van der Waals surface area contributed by atoms with Gasteiger partial charge in [-0.25, -0.2) is 0 Å². The van der Waals surface area contributed by atoms with Crippen molar-refractivity contribution in [2.24, 2.45) is 5.92 Å². The van der Waals surface area contributed by atoms with Crippen molar-refractivity contribution in [1.29, 1.82) is 0 Å². The van der Waals surface area contributed by atoms with Gasteiger partial charge in [0.25, 0.3) is 0 Å². The van der Waals surface area contributed by atoms with Gasteiger partial charge in [-0.05, 0) is 86.6 Å². The van der Waals surface area contributed by atoms with Crippen LogP contribution in [0.3, 0.4) is 0 Å². The smallest absolute Gasteiger partial charge is 0.140 e. The zero-order valence-electron chi connectivity index (χ0n) is 17.9. The van der Waals surface area contributed by atoms with Crippen LogP contribution < -0.4 is 5.32 Å². The topological polar surface area (TPSA) is 49.3 Å². The first kappa shape index (κ1) is 20.0. The Bertz CT molecular complexity index is 887. The number of aryl methyl sites for hydroxylation is 1. The van der Waals surface area contributed by atoms with Crippen molar-refractivity contribution in [2.45, 2.75) is 76.7 Å². The summed E-state index contributed by atoms with van der Waals surface area (Å²) in [4.78, 5) is 12.8. The van der Waals surface area contributed by atoms with E-state index < -0.39 is 0 Å². The van der Waals surface area contributed by atoms with E-state index in [1.165, 1.54) is 5.56 Å². The predicted molar refractivity (Wildman–Crippen MR) is 119 cm³/mol. The molecule has 1 aliphatic carbocycles. The molecule has 3 heteroatoms. The first-order valence-corrected chi connectivity index (χ1v) is 11.1.